The molecule has 0 unspecified atom stereocenters. The normalized spacial score (nSPS) is 9.33. The molecule has 18 heavy (non-hydrogen) atoms. The molecule has 0 fully saturated rings. The van der Waals surface area contributed by atoms with E-state index in [-0.39, 0.29) is 44.3 Å². The number of hydrogen-bond donors (Lipinski definition) is 2. The van der Waals surface area contributed by atoms with Crippen molar-refractivity contribution in [1.29, 1.82) is 0 Å². The number of aromatic nitrogens is 3. The van der Waals surface area contributed by atoms with Crippen molar-refractivity contribution in [2.75, 3.05) is 0 Å². The second-order valence-corrected chi connectivity index (χ2v) is 3.08. The van der Waals surface area contributed by atoms with Gasteiger partial charge < -0.3 is 9.84 Å². The first kappa shape index (κ1) is 14.3. The first-order chi connectivity index (χ1) is 8.16. The molecule has 8 heteroatoms. The number of carbonyl (C=O) groups excluding carboxylic acids is 1. The molecule has 0 saturated carbocycles. The number of carboxylic acids is 1. The number of nitrogens with zero attached hydrogens (tertiary/aromatic N) is 2. The minimum Gasteiger partial charge on any atom is -0.478 e. The molecule has 88 valence electrons. The number of nitrogens with one attached hydrogen (secondary N) is 1. The van der Waals surface area contributed by atoms with Crippen molar-refractivity contribution >= 4 is 11.9 Å². The molecule has 0 atom stereocenters. The van der Waals surface area contributed by atoms with Gasteiger partial charge in [0.05, 0.1) is 11.1 Å². The van der Waals surface area contributed by atoms with Gasteiger partial charge in [-0.05, 0) is 18.2 Å². The Morgan fingerprint density at radius 3 is 2.61 bits per heavy atom. The molecule has 0 radical (unpaired) electrons. The summed E-state index contributed by atoms with van der Waals surface area (Å²) in [6.45, 7) is 0. The Balaban J connectivity index is 0.00000162. The summed E-state index contributed by atoms with van der Waals surface area (Å²) >= 11 is 0. The van der Waals surface area contributed by atoms with Crippen LogP contribution < -0.4 is 4.74 Å². The van der Waals surface area contributed by atoms with Crippen LogP contribution in [-0.4, -0.2) is 32.5 Å². The van der Waals surface area contributed by atoms with Crippen molar-refractivity contribution in [2.24, 2.45) is 0 Å². The average molecular weight is 346 g/mol. The summed E-state index contributed by atoms with van der Waals surface area (Å²) in [5.41, 5.74) is 0.146. The van der Waals surface area contributed by atoms with Crippen molar-refractivity contribution in [2.45, 2.75) is 0 Å². The van der Waals surface area contributed by atoms with E-state index >= 15 is 0 Å². The van der Waals surface area contributed by atoms with Crippen LogP contribution in [0.25, 0.3) is 0 Å². The zero-order chi connectivity index (χ0) is 12.3. The summed E-state index contributed by atoms with van der Waals surface area (Å²) in [6.07, 6.45) is 1.24. The number of carbonyl (C=O) groups is 2. The first-order valence-corrected chi connectivity index (χ1v) is 4.58. The Morgan fingerprint density at radius 2 is 2.00 bits per heavy atom. The Morgan fingerprint density at radius 1 is 1.28 bits per heavy atom. The van der Waals surface area contributed by atoms with Crippen LogP contribution in [0.3, 0.4) is 0 Å². The van der Waals surface area contributed by atoms with Crippen LogP contribution in [0.15, 0.2) is 30.5 Å². The molecule has 0 aliphatic heterocycles. The van der Waals surface area contributed by atoms with Gasteiger partial charge in [-0.2, -0.15) is 10.3 Å². The number of aromatic carboxylic acids is 1. The summed E-state index contributed by atoms with van der Waals surface area (Å²) in [5, 5.41) is 18.1. The van der Waals surface area contributed by atoms with Gasteiger partial charge in [-0.15, -0.1) is 5.10 Å². The van der Waals surface area contributed by atoms with E-state index < -0.39 is 11.9 Å². The van der Waals surface area contributed by atoms with Gasteiger partial charge in [0.25, 0.3) is 5.88 Å². The second-order valence-electron chi connectivity index (χ2n) is 3.08. The molecule has 1 heterocycles. The fraction of sp³-hybridized carbons (Fsp3) is 0. The van der Waals surface area contributed by atoms with Crippen molar-refractivity contribution in [3.05, 3.63) is 41.6 Å². The van der Waals surface area contributed by atoms with Gasteiger partial charge in [0.15, 0.2) is 0 Å². The van der Waals surface area contributed by atoms with Gasteiger partial charge in [-0.3, -0.25) is 0 Å². The maximum atomic E-state index is 11.6. The van der Waals surface area contributed by atoms with Gasteiger partial charge in [0, 0.05) is 27.3 Å². The van der Waals surface area contributed by atoms with Crippen LogP contribution in [-0.2, 0) is 27.3 Å². The third-order valence-electron chi connectivity index (χ3n) is 1.94. The topological polar surface area (TPSA) is 105 Å². The smallest absolute Gasteiger partial charge is 0.344 e. The fourth-order valence-electron chi connectivity index (χ4n) is 1.17. The van der Waals surface area contributed by atoms with E-state index in [0.29, 0.717) is 0 Å². The van der Waals surface area contributed by atoms with Crippen LogP contribution in [0, 0.1) is 0 Å². The molecule has 0 saturated heterocycles. The molecular formula is C10H7CdN3O4. The number of rotatable bonds is 3. The van der Waals surface area contributed by atoms with Crippen molar-refractivity contribution in [3.63, 3.8) is 0 Å². The summed E-state index contributed by atoms with van der Waals surface area (Å²) in [7, 11) is 0. The van der Waals surface area contributed by atoms with E-state index in [1.54, 1.807) is 0 Å². The molecule has 0 bridgehead atoms. The van der Waals surface area contributed by atoms with Crippen LogP contribution in [0.2, 0.25) is 0 Å². The van der Waals surface area contributed by atoms with Crippen LogP contribution in [0.1, 0.15) is 20.7 Å². The van der Waals surface area contributed by atoms with Crippen molar-refractivity contribution in [1.82, 2.24) is 15.4 Å². The summed E-state index contributed by atoms with van der Waals surface area (Å²) in [5.74, 6) is -1.78. The molecule has 0 amide bonds. The van der Waals surface area contributed by atoms with Gasteiger partial charge in [0.1, 0.15) is 6.20 Å². The number of aromatic amines is 1. The van der Waals surface area contributed by atoms with Crippen molar-refractivity contribution in [3.8, 4) is 5.88 Å². The summed E-state index contributed by atoms with van der Waals surface area (Å²) in [6, 6.07) is 5.53. The largest absolute Gasteiger partial charge is 0.478 e. The number of benzene rings is 1. The third-order valence-corrected chi connectivity index (χ3v) is 1.94. The summed E-state index contributed by atoms with van der Waals surface area (Å²) in [4.78, 5) is 22.3. The minimum absolute atomic E-state index is 0. The second kappa shape index (κ2) is 6.23. The predicted molar refractivity (Wildman–Crippen MR) is 54.7 cm³/mol. The number of ether oxygens (including phenoxy) is 1. The zero-order valence-corrected chi connectivity index (χ0v) is 13.2. The van der Waals surface area contributed by atoms with E-state index in [1.807, 2.05) is 0 Å². The van der Waals surface area contributed by atoms with Gasteiger partial charge in [-0.1, -0.05) is 6.07 Å². The minimum atomic E-state index is -1.11. The molecule has 7 nitrogen and oxygen atoms in total. The molecule has 1 aromatic carbocycles. The number of carboxylic acid groups (broad SMARTS) is 1. The van der Waals surface area contributed by atoms with Gasteiger partial charge in [0.2, 0.25) is 0 Å². The fourth-order valence-corrected chi connectivity index (χ4v) is 1.17. The van der Waals surface area contributed by atoms with Crippen LogP contribution in [0.4, 0.5) is 0 Å². The van der Waals surface area contributed by atoms with E-state index in [1.165, 1.54) is 30.5 Å². The molecular weight excluding hydrogens is 339 g/mol. The Labute approximate surface area is 121 Å². The molecule has 2 N–H and O–H groups in total. The van der Waals surface area contributed by atoms with Gasteiger partial charge in [-0.25, -0.2) is 9.59 Å². The van der Waals surface area contributed by atoms with E-state index in [0.717, 1.165) is 0 Å². The molecule has 1 aromatic heterocycles. The van der Waals surface area contributed by atoms with E-state index in [9.17, 15) is 9.59 Å². The first-order valence-electron chi connectivity index (χ1n) is 4.58. The Hall–Kier alpha value is -1.78. The molecule has 0 spiro atoms. The third kappa shape index (κ3) is 3.36. The Kier molecular flexibility index (Phi) is 4.95. The average Bonchev–Trinajstić information content (AvgIpc) is 2.82. The maximum absolute atomic E-state index is 11.6. The number of esters is 1. The molecule has 0 aliphatic carbocycles. The van der Waals surface area contributed by atoms with Crippen LogP contribution in [0.5, 0.6) is 5.88 Å². The van der Waals surface area contributed by atoms with Gasteiger partial charge >= 0.3 is 11.9 Å². The molecule has 2 rings (SSSR count). The quantitative estimate of drug-likeness (QED) is 0.627. The SMILES string of the molecule is O=C(O)c1cccc(C(=O)Oc2cn[nH]n2)c1.[Cd]. The predicted octanol–water partition coefficient (Wildman–Crippen LogP) is 0.720. The Bertz CT molecular complexity index is 556. The van der Waals surface area contributed by atoms with E-state index in [2.05, 4.69) is 15.4 Å². The maximum Gasteiger partial charge on any atom is 0.344 e. The molecule has 0 aliphatic rings. The summed E-state index contributed by atoms with van der Waals surface area (Å²) < 4.78 is 4.84. The van der Waals surface area contributed by atoms with Crippen LogP contribution >= 0.6 is 0 Å². The number of H-pyrrole nitrogens is 1. The number of hydrogen-bond acceptors (Lipinski definition) is 5. The monoisotopic (exact) mass is 347 g/mol. The zero-order valence-electron chi connectivity index (χ0n) is 9.16. The van der Waals surface area contributed by atoms with Crippen molar-refractivity contribution < 1.29 is 46.7 Å². The standard InChI is InChI=1S/C10H7N3O4.Cd/c14-9(15)6-2-1-3-7(4-6)10(16)17-8-5-11-13-12-8;/h1-5H,(H,14,15)(H,11,12,13);. The van der Waals surface area contributed by atoms with E-state index in [4.69, 9.17) is 9.84 Å². The molecule has 2 aromatic rings.